The van der Waals surface area contributed by atoms with Crippen LogP contribution in [-0.2, 0) is 14.8 Å². The molecule has 20 heavy (non-hydrogen) atoms. The fourth-order valence-corrected chi connectivity index (χ4v) is 5.19. The number of Topliss-reactive ketones (excluding diaryl/α,β-unsaturated/α-hetero) is 1. The van der Waals surface area contributed by atoms with E-state index >= 15 is 0 Å². The number of halogens is 2. The fourth-order valence-electron chi connectivity index (χ4n) is 2.31. The summed E-state index contributed by atoms with van der Waals surface area (Å²) in [6, 6.07) is 4.96. The molecule has 0 amide bonds. The molecule has 2 rings (SSSR count). The molecular formula is C13H15Br2NO3S. The number of sulfonamides is 1. The Morgan fingerprint density at radius 2 is 1.80 bits per heavy atom. The van der Waals surface area contributed by atoms with Crippen molar-refractivity contribution in [3.63, 3.8) is 0 Å². The molecule has 0 radical (unpaired) electrons. The first-order valence-electron chi connectivity index (χ1n) is 6.27. The summed E-state index contributed by atoms with van der Waals surface area (Å²) in [5, 5.41) is 0. The first kappa shape index (κ1) is 16.1. The van der Waals surface area contributed by atoms with Crippen LogP contribution in [0, 0.1) is 0 Å². The molecule has 0 atom stereocenters. The topological polar surface area (TPSA) is 54.5 Å². The smallest absolute Gasteiger partial charge is 0.244 e. The molecular weight excluding hydrogens is 410 g/mol. The Kier molecular flexibility index (Phi) is 5.05. The molecule has 0 spiro atoms. The van der Waals surface area contributed by atoms with Crippen LogP contribution in [-0.4, -0.2) is 31.6 Å². The van der Waals surface area contributed by atoms with Crippen molar-refractivity contribution in [3.8, 4) is 0 Å². The predicted octanol–water partition coefficient (Wildman–Crippen LogP) is 3.34. The maximum Gasteiger partial charge on any atom is 0.244 e. The van der Waals surface area contributed by atoms with Crippen molar-refractivity contribution < 1.29 is 13.2 Å². The van der Waals surface area contributed by atoms with Crippen LogP contribution >= 0.6 is 31.9 Å². The van der Waals surface area contributed by atoms with E-state index in [1.807, 2.05) is 0 Å². The van der Waals surface area contributed by atoms with E-state index in [0.29, 0.717) is 34.6 Å². The van der Waals surface area contributed by atoms with Gasteiger partial charge in [0.2, 0.25) is 10.0 Å². The average molecular weight is 425 g/mol. The van der Waals surface area contributed by atoms with Crippen LogP contribution in [0.2, 0.25) is 0 Å². The summed E-state index contributed by atoms with van der Waals surface area (Å²) in [6.07, 6.45) is 2.12. The number of carbonyl (C=O) groups excluding carboxylic acids is 1. The number of hydrogen-bond acceptors (Lipinski definition) is 3. The van der Waals surface area contributed by atoms with E-state index in [1.54, 1.807) is 25.2 Å². The summed E-state index contributed by atoms with van der Waals surface area (Å²) in [5.41, 5.74) is 0. The monoisotopic (exact) mass is 423 g/mol. The van der Waals surface area contributed by atoms with Crippen molar-refractivity contribution in [1.29, 1.82) is 0 Å². The van der Waals surface area contributed by atoms with Crippen molar-refractivity contribution in [2.75, 3.05) is 7.05 Å². The summed E-state index contributed by atoms with van der Waals surface area (Å²) in [5.74, 6) is 0.218. The summed E-state index contributed by atoms with van der Waals surface area (Å²) >= 11 is 6.58. The highest BCUT2D eigenvalue weighted by Gasteiger charge is 2.32. The lowest BCUT2D eigenvalue weighted by Crippen LogP contribution is -2.39. The molecule has 0 bridgehead atoms. The van der Waals surface area contributed by atoms with Crippen LogP contribution in [0.1, 0.15) is 25.7 Å². The first-order chi connectivity index (χ1) is 9.32. The van der Waals surface area contributed by atoms with Gasteiger partial charge in [-0.2, -0.15) is 4.31 Å². The molecule has 0 heterocycles. The lowest BCUT2D eigenvalue weighted by atomic mass is 9.95. The van der Waals surface area contributed by atoms with E-state index in [4.69, 9.17) is 0 Å². The van der Waals surface area contributed by atoms with Crippen LogP contribution in [0.15, 0.2) is 32.0 Å². The van der Waals surface area contributed by atoms with Crippen molar-refractivity contribution >= 4 is 47.7 Å². The summed E-state index contributed by atoms with van der Waals surface area (Å²) < 4.78 is 28.0. The fraction of sp³-hybridized carbons (Fsp3) is 0.462. The van der Waals surface area contributed by atoms with E-state index in [9.17, 15) is 13.2 Å². The molecule has 0 unspecified atom stereocenters. The maximum absolute atomic E-state index is 12.7. The minimum atomic E-state index is -3.56. The summed E-state index contributed by atoms with van der Waals surface area (Å²) in [6.45, 7) is 0. The zero-order valence-electron chi connectivity index (χ0n) is 11.0. The average Bonchev–Trinajstić information content (AvgIpc) is 2.41. The van der Waals surface area contributed by atoms with E-state index in [-0.39, 0.29) is 16.7 Å². The van der Waals surface area contributed by atoms with E-state index < -0.39 is 10.0 Å². The maximum atomic E-state index is 12.7. The third-order valence-electron chi connectivity index (χ3n) is 3.58. The molecule has 1 saturated carbocycles. The van der Waals surface area contributed by atoms with Gasteiger partial charge in [0.1, 0.15) is 5.78 Å². The van der Waals surface area contributed by atoms with Gasteiger partial charge in [-0.05, 0) is 47.0 Å². The van der Waals surface area contributed by atoms with Crippen LogP contribution in [0.3, 0.4) is 0 Å². The van der Waals surface area contributed by atoms with Gasteiger partial charge in [-0.3, -0.25) is 4.79 Å². The minimum absolute atomic E-state index is 0.108. The van der Waals surface area contributed by atoms with Gasteiger partial charge >= 0.3 is 0 Å². The van der Waals surface area contributed by atoms with Gasteiger partial charge in [-0.1, -0.05) is 15.9 Å². The van der Waals surface area contributed by atoms with E-state index in [1.165, 1.54) is 4.31 Å². The summed E-state index contributed by atoms with van der Waals surface area (Å²) in [7, 11) is -1.98. The Balaban J connectivity index is 2.30. The van der Waals surface area contributed by atoms with Crippen molar-refractivity contribution in [3.05, 3.63) is 27.1 Å². The zero-order chi connectivity index (χ0) is 14.9. The Morgan fingerprint density at radius 1 is 1.20 bits per heavy atom. The molecule has 1 aliphatic rings. The van der Waals surface area contributed by atoms with Crippen molar-refractivity contribution in [2.24, 2.45) is 0 Å². The van der Waals surface area contributed by atoms with Gasteiger partial charge in [0.05, 0.1) is 4.90 Å². The highest BCUT2D eigenvalue weighted by atomic mass is 79.9. The van der Waals surface area contributed by atoms with Gasteiger partial charge in [0, 0.05) is 34.9 Å². The number of ketones is 1. The molecule has 0 saturated heterocycles. The quantitative estimate of drug-likeness (QED) is 0.747. The molecule has 1 aromatic rings. The van der Waals surface area contributed by atoms with Crippen LogP contribution < -0.4 is 0 Å². The standard InChI is InChI=1S/C13H15Br2NO3S/c1-16(10-3-5-11(17)6-4-10)20(18,19)13-8-9(14)2-7-12(13)15/h2,7-8,10H,3-6H2,1H3. The van der Waals surface area contributed by atoms with Gasteiger partial charge in [0.15, 0.2) is 0 Å². The minimum Gasteiger partial charge on any atom is -0.300 e. The normalized spacial score (nSPS) is 17.7. The van der Waals surface area contributed by atoms with Crippen LogP contribution in [0.5, 0.6) is 0 Å². The number of hydrogen-bond donors (Lipinski definition) is 0. The Bertz CT molecular complexity index is 621. The second kappa shape index (κ2) is 6.25. The Labute approximate surface area is 135 Å². The molecule has 4 nitrogen and oxygen atoms in total. The Hall–Kier alpha value is -0.240. The number of benzene rings is 1. The molecule has 0 aliphatic heterocycles. The van der Waals surface area contributed by atoms with Crippen molar-refractivity contribution in [1.82, 2.24) is 4.31 Å². The second-order valence-electron chi connectivity index (χ2n) is 4.87. The second-order valence-corrected chi connectivity index (χ2v) is 8.60. The largest absolute Gasteiger partial charge is 0.300 e. The molecule has 7 heteroatoms. The number of rotatable bonds is 3. The van der Waals surface area contributed by atoms with Crippen LogP contribution in [0.4, 0.5) is 0 Å². The van der Waals surface area contributed by atoms with Gasteiger partial charge in [-0.15, -0.1) is 0 Å². The van der Waals surface area contributed by atoms with E-state index in [0.717, 1.165) is 0 Å². The molecule has 1 aromatic carbocycles. The molecule has 0 aromatic heterocycles. The highest BCUT2D eigenvalue weighted by molar-refractivity contribution is 9.11. The first-order valence-corrected chi connectivity index (χ1v) is 9.30. The third-order valence-corrected chi connectivity index (χ3v) is 6.97. The third kappa shape index (κ3) is 3.32. The lowest BCUT2D eigenvalue weighted by Gasteiger charge is -2.30. The zero-order valence-corrected chi connectivity index (χ0v) is 15.0. The lowest BCUT2D eigenvalue weighted by molar-refractivity contribution is -0.120. The van der Waals surface area contributed by atoms with Crippen molar-refractivity contribution in [2.45, 2.75) is 36.6 Å². The molecule has 1 fully saturated rings. The molecule has 1 aliphatic carbocycles. The van der Waals surface area contributed by atoms with Crippen LogP contribution in [0.25, 0.3) is 0 Å². The molecule has 0 N–H and O–H groups in total. The Morgan fingerprint density at radius 3 is 2.40 bits per heavy atom. The highest BCUT2D eigenvalue weighted by Crippen LogP contribution is 2.31. The predicted molar refractivity (Wildman–Crippen MR) is 84.1 cm³/mol. The summed E-state index contributed by atoms with van der Waals surface area (Å²) in [4.78, 5) is 11.5. The number of nitrogens with zero attached hydrogens (tertiary/aromatic N) is 1. The number of carbonyl (C=O) groups is 1. The van der Waals surface area contributed by atoms with E-state index in [2.05, 4.69) is 31.9 Å². The SMILES string of the molecule is CN(C1CCC(=O)CC1)S(=O)(=O)c1cc(Br)ccc1Br. The van der Waals surface area contributed by atoms with Gasteiger partial charge < -0.3 is 0 Å². The van der Waals surface area contributed by atoms with Gasteiger partial charge in [0.25, 0.3) is 0 Å². The molecule has 110 valence electrons. The van der Waals surface area contributed by atoms with Gasteiger partial charge in [-0.25, -0.2) is 8.42 Å².